The summed E-state index contributed by atoms with van der Waals surface area (Å²) in [5.41, 5.74) is 1.10. The standard InChI is InChI=1S/C19H18N4O5S/c1-13(24)22-29(27,28)16-9-7-14(8-10-16)20-19(26)17-11-12-18(25)23(21-17)15-5-3-2-4-6-15/h2-10H,11-12H2,1H3,(H,20,26)(H,22,24). The van der Waals surface area contributed by atoms with Gasteiger partial charge in [-0.3, -0.25) is 14.4 Å². The van der Waals surface area contributed by atoms with E-state index in [0.717, 1.165) is 6.92 Å². The highest BCUT2D eigenvalue weighted by molar-refractivity contribution is 7.90. The van der Waals surface area contributed by atoms with Gasteiger partial charge in [-0.25, -0.2) is 18.1 Å². The second-order valence-electron chi connectivity index (χ2n) is 6.23. The largest absolute Gasteiger partial charge is 0.321 e. The van der Waals surface area contributed by atoms with Crippen molar-refractivity contribution in [3.05, 3.63) is 54.6 Å². The average molecular weight is 414 g/mol. The maximum atomic E-state index is 12.5. The van der Waals surface area contributed by atoms with E-state index in [1.54, 1.807) is 24.3 Å². The molecule has 29 heavy (non-hydrogen) atoms. The molecule has 3 rings (SSSR count). The molecule has 3 amide bonds. The molecule has 9 nitrogen and oxygen atoms in total. The van der Waals surface area contributed by atoms with Crippen LogP contribution in [-0.2, 0) is 24.4 Å². The molecule has 0 unspecified atom stereocenters. The van der Waals surface area contributed by atoms with E-state index in [4.69, 9.17) is 0 Å². The Labute approximate surface area is 167 Å². The number of rotatable bonds is 5. The van der Waals surface area contributed by atoms with Gasteiger partial charge in [0.1, 0.15) is 5.71 Å². The average Bonchev–Trinajstić information content (AvgIpc) is 2.68. The van der Waals surface area contributed by atoms with Gasteiger partial charge in [0.2, 0.25) is 11.8 Å². The first-order chi connectivity index (χ1) is 13.8. The normalized spacial score (nSPS) is 14.2. The van der Waals surface area contributed by atoms with Gasteiger partial charge in [0.05, 0.1) is 10.6 Å². The molecule has 0 fully saturated rings. The summed E-state index contributed by atoms with van der Waals surface area (Å²) in [6.45, 7) is 1.10. The summed E-state index contributed by atoms with van der Waals surface area (Å²) in [6.07, 6.45) is 0.345. The summed E-state index contributed by atoms with van der Waals surface area (Å²) in [4.78, 5) is 35.5. The molecule has 0 aromatic heterocycles. The molecular formula is C19H18N4O5S. The number of hydrazone groups is 1. The minimum absolute atomic E-state index is 0.110. The smallest absolute Gasteiger partial charge is 0.271 e. The Kier molecular flexibility index (Phi) is 5.74. The van der Waals surface area contributed by atoms with Crippen molar-refractivity contribution in [2.75, 3.05) is 10.3 Å². The number of nitrogens with one attached hydrogen (secondary N) is 2. The van der Waals surface area contributed by atoms with Crippen LogP contribution in [0.3, 0.4) is 0 Å². The van der Waals surface area contributed by atoms with Gasteiger partial charge in [-0.15, -0.1) is 0 Å². The van der Waals surface area contributed by atoms with Crippen LogP contribution in [0.1, 0.15) is 19.8 Å². The zero-order valence-corrected chi connectivity index (χ0v) is 16.3. The fourth-order valence-electron chi connectivity index (χ4n) is 2.66. The second-order valence-corrected chi connectivity index (χ2v) is 7.91. The van der Waals surface area contributed by atoms with E-state index < -0.39 is 21.8 Å². The van der Waals surface area contributed by atoms with E-state index in [2.05, 4.69) is 10.4 Å². The molecule has 0 atom stereocenters. The predicted molar refractivity (Wildman–Crippen MR) is 107 cm³/mol. The number of sulfonamides is 1. The molecular weight excluding hydrogens is 396 g/mol. The molecule has 10 heteroatoms. The Morgan fingerprint density at radius 1 is 1.00 bits per heavy atom. The topological polar surface area (TPSA) is 125 Å². The van der Waals surface area contributed by atoms with E-state index in [9.17, 15) is 22.8 Å². The van der Waals surface area contributed by atoms with Crippen molar-refractivity contribution in [3.8, 4) is 0 Å². The summed E-state index contributed by atoms with van der Waals surface area (Å²) in [5.74, 6) is -1.40. The first-order valence-electron chi connectivity index (χ1n) is 8.66. The first-order valence-corrected chi connectivity index (χ1v) is 10.1. The molecule has 2 N–H and O–H groups in total. The Balaban J connectivity index is 1.74. The number of carbonyl (C=O) groups excluding carboxylic acids is 3. The second kappa shape index (κ2) is 8.23. The summed E-state index contributed by atoms with van der Waals surface area (Å²) in [6, 6.07) is 14.1. The number of hydrogen-bond donors (Lipinski definition) is 2. The lowest BCUT2D eigenvalue weighted by atomic mass is 10.1. The number of carbonyl (C=O) groups is 3. The van der Waals surface area contributed by atoms with Crippen molar-refractivity contribution in [1.82, 2.24) is 4.72 Å². The van der Waals surface area contributed by atoms with Crippen LogP contribution in [0.4, 0.5) is 11.4 Å². The highest BCUT2D eigenvalue weighted by Crippen LogP contribution is 2.20. The third kappa shape index (κ3) is 4.85. The summed E-state index contributed by atoms with van der Waals surface area (Å²) in [5, 5.41) is 7.99. The fourth-order valence-corrected chi connectivity index (χ4v) is 3.65. The highest BCUT2D eigenvalue weighted by atomic mass is 32.2. The lowest BCUT2D eigenvalue weighted by Crippen LogP contribution is -2.36. The molecule has 0 spiro atoms. The van der Waals surface area contributed by atoms with Gasteiger partial charge in [0.15, 0.2) is 0 Å². The van der Waals surface area contributed by atoms with Gasteiger partial charge >= 0.3 is 0 Å². The Morgan fingerprint density at radius 3 is 2.28 bits per heavy atom. The number of nitrogens with zero attached hydrogens (tertiary/aromatic N) is 2. The van der Waals surface area contributed by atoms with Gasteiger partial charge in [-0.2, -0.15) is 5.10 Å². The van der Waals surface area contributed by atoms with E-state index in [1.165, 1.54) is 29.3 Å². The Hall–Kier alpha value is -3.53. The summed E-state index contributed by atoms with van der Waals surface area (Å²) in [7, 11) is -3.95. The highest BCUT2D eigenvalue weighted by Gasteiger charge is 2.25. The van der Waals surface area contributed by atoms with Crippen LogP contribution in [0.15, 0.2) is 64.6 Å². The van der Waals surface area contributed by atoms with Crippen molar-refractivity contribution in [2.45, 2.75) is 24.7 Å². The number of para-hydroxylation sites is 1. The zero-order chi connectivity index (χ0) is 21.0. The zero-order valence-electron chi connectivity index (χ0n) is 15.5. The molecule has 2 aromatic carbocycles. The van der Waals surface area contributed by atoms with E-state index in [0.29, 0.717) is 11.4 Å². The quantitative estimate of drug-likeness (QED) is 0.769. The molecule has 0 aliphatic carbocycles. The minimum atomic E-state index is -3.95. The van der Waals surface area contributed by atoms with Crippen LogP contribution >= 0.6 is 0 Å². The number of anilines is 2. The van der Waals surface area contributed by atoms with Crippen molar-refractivity contribution in [1.29, 1.82) is 0 Å². The number of amides is 3. The maximum Gasteiger partial charge on any atom is 0.271 e. The van der Waals surface area contributed by atoms with Crippen LogP contribution in [0, 0.1) is 0 Å². The van der Waals surface area contributed by atoms with E-state index >= 15 is 0 Å². The molecule has 2 aromatic rings. The van der Waals surface area contributed by atoms with Crippen molar-refractivity contribution in [2.24, 2.45) is 5.10 Å². The molecule has 0 saturated carbocycles. The molecule has 0 bridgehead atoms. The lowest BCUT2D eigenvalue weighted by Gasteiger charge is -2.23. The third-order valence-electron chi connectivity index (χ3n) is 4.00. The van der Waals surface area contributed by atoms with Gasteiger partial charge in [0, 0.05) is 25.5 Å². The lowest BCUT2D eigenvalue weighted by molar-refractivity contribution is -0.119. The number of benzene rings is 2. The monoisotopic (exact) mass is 414 g/mol. The van der Waals surface area contributed by atoms with Gasteiger partial charge in [0.25, 0.3) is 15.9 Å². The predicted octanol–water partition coefficient (Wildman–Crippen LogP) is 1.63. The van der Waals surface area contributed by atoms with Crippen molar-refractivity contribution < 1.29 is 22.8 Å². The van der Waals surface area contributed by atoms with Crippen LogP contribution in [-0.4, -0.2) is 31.9 Å². The molecule has 1 aliphatic rings. The van der Waals surface area contributed by atoms with Crippen molar-refractivity contribution >= 4 is 44.8 Å². The van der Waals surface area contributed by atoms with Gasteiger partial charge in [-0.1, -0.05) is 18.2 Å². The summed E-state index contributed by atoms with van der Waals surface area (Å²) >= 11 is 0. The molecule has 0 radical (unpaired) electrons. The SMILES string of the molecule is CC(=O)NS(=O)(=O)c1ccc(NC(=O)C2=NN(c3ccccc3)C(=O)CC2)cc1. The number of hydrogen-bond acceptors (Lipinski definition) is 6. The molecule has 1 aliphatic heterocycles. The summed E-state index contributed by atoms with van der Waals surface area (Å²) < 4.78 is 25.8. The van der Waals surface area contributed by atoms with Crippen LogP contribution in [0.25, 0.3) is 0 Å². The molecule has 0 saturated heterocycles. The Morgan fingerprint density at radius 2 is 1.66 bits per heavy atom. The van der Waals surface area contributed by atoms with E-state index in [-0.39, 0.29) is 29.4 Å². The molecule has 150 valence electrons. The Bertz CT molecular complexity index is 1080. The third-order valence-corrected chi connectivity index (χ3v) is 5.45. The maximum absolute atomic E-state index is 12.5. The van der Waals surface area contributed by atoms with Crippen LogP contribution < -0.4 is 15.0 Å². The minimum Gasteiger partial charge on any atom is -0.321 e. The van der Waals surface area contributed by atoms with Crippen LogP contribution in [0.5, 0.6) is 0 Å². The van der Waals surface area contributed by atoms with Gasteiger partial charge in [-0.05, 0) is 36.4 Å². The fraction of sp³-hybridized carbons (Fsp3) is 0.158. The van der Waals surface area contributed by atoms with Crippen molar-refractivity contribution in [3.63, 3.8) is 0 Å². The first kappa shape index (κ1) is 20.2. The van der Waals surface area contributed by atoms with E-state index in [1.807, 2.05) is 10.8 Å². The van der Waals surface area contributed by atoms with Gasteiger partial charge < -0.3 is 5.32 Å². The van der Waals surface area contributed by atoms with Crippen LogP contribution in [0.2, 0.25) is 0 Å². The molecule has 1 heterocycles.